The highest BCUT2D eigenvalue weighted by Gasteiger charge is 2.25. The lowest BCUT2D eigenvalue weighted by Crippen LogP contribution is -2.37. The van der Waals surface area contributed by atoms with Crippen LogP contribution in [-0.4, -0.2) is 25.5 Å². The fraction of sp³-hybridized carbons (Fsp3) is 0.545. The molecule has 3 N–H and O–H groups in total. The van der Waals surface area contributed by atoms with Gasteiger partial charge in [-0.25, -0.2) is 0 Å². The SMILES string of the molecule is CN=C(NCCC1=CCCCC1)NCc1cccc(NC(=O)C2CCC2)c1. The molecule has 1 aromatic rings. The Hall–Kier alpha value is -2.30. The van der Waals surface area contributed by atoms with Crippen LogP contribution in [0.5, 0.6) is 0 Å². The summed E-state index contributed by atoms with van der Waals surface area (Å²) >= 11 is 0. The first-order valence-electron chi connectivity index (χ1n) is 10.3. The number of hydrogen-bond donors (Lipinski definition) is 3. The molecule has 2 aliphatic carbocycles. The van der Waals surface area contributed by atoms with Gasteiger partial charge in [0.05, 0.1) is 0 Å². The maximum absolute atomic E-state index is 12.1. The fourth-order valence-electron chi connectivity index (χ4n) is 3.55. The number of nitrogens with zero attached hydrogens (tertiary/aromatic N) is 1. The van der Waals surface area contributed by atoms with Crippen molar-refractivity contribution < 1.29 is 4.79 Å². The van der Waals surface area contributed by atoms with Gasteiger partial charge >= 0.3 is 0 Å². The normalized spacial score (nSPS) is 17.7. The lowest BCUT2D eigenvalue weighted by Gasteiger charge is -2.24. The predicted molar refractivity (Wildman–Crippen MR) is 112 cm³/mol. The third-order valence-corrected chi connectivity index (χ3v) is 5.48. The first-order chi connectivity index (χ1) is 13.2. The number of allylic oxidation sites excluding steroid dienone is 1. The van der Waals surface area contributed by atoms with Crippen molar-refractivity contribution in [2.45, 2.75) is 57.9 Å². The summed E-state index contributed by atoms with van der Waals surface area (Å²) in [6.45, 7) is 1.58. The molecule has 1 fully saturated rings. The molecule has 0 aliphatic heterocycles. The zero-order valence-corrected chi connectivity index (χ0v) is 16.4. The zero-order valence-electron chi connectivity index (χ0n) is 16.4. The Morgan fingerprint density at radius 3 is 2.78 bits per heavy atom. The quantitative estimate of drug-likeness (QED) is 0.387. The molecule has 5 nitrogen and oxygen atoms in total. The Kier molecular flexibility index (Phi) is 7.31. The van der Waals surface area contributed by atoms with Gasteiger partial charge < -0.3 is 16.0 Å². The van der Waals surface area contributed by atoms with Crippen molar-refractivity contribution in [2.75, 3.05) is 18.9 Å². The zero-order chi connectivity index (χ0) is 18.9. The highest BCUT2D eigenvalue weighted by molar-refractivity contribution is 5.93. The Labute approximate surface area is 162 Å². The van der Waals surface area contributed by atoms with E-state index >= 15 is 0 Å². The molecule has 27 heavy (non-hydrogen) atoms. The number of aliphatic imine (C=N–C) groups is 1. The van der Waals surface area contributed by atoms with Gasteiger partial charge in [0.15, 0.2) is 5.96 Å². The van der Waals surface area contributed by atoms with E-state index in [1.54, 1.807) is 12.6 Å². The van der Waals surface area contributed by atoms with Crippen LogP contribution in [0.4, 0.5) is 5.69 Å². The summed E-state index contributed by atoms with van der Waals surface area (Å²) < 4.78 is 0. The molecular formula is C22H32N4O. The van der Waals surface area contributed by atoms with E-state index in [2.05, 4.69) is 33.1 Å². The molecule has 0 saturated heterocycles. The molecule has 1 aromatic carbocycles. The lowest BCUT2D eigenvalue weighted by molar-refractivity contribution is -0.122. The van der Waals surface area contributed by atoms with Gasteiger partial charge in [0, 0.05) is 31.7 Å². The third-order valence-electron chi connectivity index (χ3n) is 5.48. The van der Waals surface area contributed by atoms with Crippen LogP contribution in [0, 0.1) is 5.92 Å². The standard InChI is InChI=1S/C22H32N4O/c1-23-22(24-14-13-17-7-3-2-4-8-17)25-16-18-9-5-12-20(15-18)26-21(27)19-10-6-11-19/h5,7,9,12,15,19H,2-4,6,8,10-11,13-14,16H2,1H3,(H,26,27)(H2,23,24,25). The number of carbonyl (C=O) groups is 1. The highest BCUT2D eigenvalue weighted by atomic mass is 16.1. The number of carbonyl (C=O) groups excluding carboxylic acids is 1. The second-order valence-electron chi connectivity index (χ2n) is 7.53. The fourth-order valence-corrected chi connectivity index (χ4v) is 3.55. The molecule has 3 rings (SSSR count). The number of rotatable bonds is 7. The molecule has 5 heteroatoms. The summed E-state index contributed by atoms with van der Waals surface area (Å²) in [5.41, 5.74) is 3.57. The van der Waals surface area contributed by atoms with Gasteiger partial charge in [-0.05, 0) is 62.6 Å². The van der Waals surface area contributed by atoms with E-state index in [9.17, 15) is 4.79 Å². The van der Waals surface area contributed by atoms with Gasteiger partial charge in [0.2, 0.25) is 5.91 Å². The van der Waals surface area contributed by atoms with E-state index < -0.39 is 0 Å². The molecule has 0 aromatic heterocycles. The van der Waals surface area contributed by atoms with E-state index in [-0.39, 0.29) is 11.8 Å². The van der Waals surface area contributed by atoms with E-state index in [4.69, 9.17) is 0 Å². The number of hydrogen-bond acceptors (Lipinski definition) is 2. The Bertz CT molecular complexity index is 691. The molecule has 0 bridgehead atoms. The molecular weight excluding hydrogens is 336 g/mol. The summed E-state index contributed by atoms with van der Waals surface area (Å²) in [4.78, 5) is 16.4. The third kappa shape index (κ3) is 6.12. The topological polar surface area (TPSA) is 65.5 Å². The number of nitrogens with one attached hydrogen (secondary N) is 3. The second-order valence-corrected chi connectivity index (χ2v) is 7.53. The molecule has 1 saturated carbocycles. The molecule has 0 spiro atoms. The average Bonchev–Trinajstić information content (AvgIpc) is 2.64. The van der Waals surface area contributed by atoms with Crippen molar-refractivity contribution >= 4 is 17.6 Å². The lowest BCUT2D eigenvalue weighted by atomic mass is 9.85. The molecule has 1 amide bonds. The Balaban J connectivity index is 1.42. The summed E-state index contributed by atoms with van der Waals surface area (Å²) in [5.74, 6) is 1.17. The number of guanidine groups is 1. The van der Waals surface area contributed by atoms with Crippen LogP contribution < -0.4 is 16.0 Å². The minimum atomic E-state index is 0.154. The predicted octanol–water partition coefficient (Wildman–Crippen LogP) is 3.98. The van der Waals surface area contributed by atoms with Gasteiger partial charge in [-0.3, -0.25) is 9.79 Å². The van der Waals surface area contributed by atoms with Crippen molar-refractivity contribution in [1.29, 1.82) is 0 Å². The first-order valence-corrected chi connectivity index (χ1v) is 10.3. The van der Waals surface area contributed by atoms with Crippen LogP contribution in [-0.2, 0) is 11.3 Å². The number of benzene rings is 1. The van der Waals surface area contributed by atoms with Crippen LogP contribution >= 0.6 is 0 Å². The largest absolute Gasteiger partial charge is 0.356 e. The molecule has 0 atom stereocenters. The maximum Gasteiger partial charge on any atom is 0.227 e. The van der Waals surface area contributed by atoms with E-state index in [1.807, 2.05) is 18.2 Å². The van der Waals surface area contributed by atoms with E-state index in [0.717, 1.165) is 43.0 Å². The van der Waals surface area contributed by atoms with Gasteiger partial charge in [-0.15, -0.1) is 0 Å². The summed E-state index contributed by atoms with van der Waals surface area (Å²) in [6, 6.07) is 8.03. The number of anilines is 1. The van der Waals surface area contributed by atoms with Crippen LogP contribution in [0.3, 0.4) is 0 Å². The van der Waals surface area contributed by atoms with Gasteiger partial charge in [0.25, 0.3) is 0 Å². The van der Waals surface area contributed by atoms with Crippen LogP contribution in [0.15, 0.2) is 40.9 Å². The maximum atomic E-state index is 12.1. The molecule has 2 aliphatic rings. The Morgan fingerprint density at radius 1 is 1.19 bits per heavy atom. The van der Waals surface area contributed by atoms with Gasteiger partial charge in [0.1, 0.15) is 0 Å². The smallest absolute Gasteiger partial charge is 0.227 e. The van der Waals surface area contributed by atoms with Crippen molar-refractivity contribution in [2.24, 2.45) is 10.9 Å². The minimum absolute atomic E-state index is 0.154. The summed E-state index contributed by atoms with van der Waals surface area (Å²) in [6.07, 6.45) is 11.8. The average molecular weight is 369 g/mol. The van der Waals surface area contributed by atoms with Crippen molar-refractivity contribution in [3.8, 4) is 0 Å². The molecule has 0 unspecified atom stereocenters. The van der Waals surface area contributed by atoms with Crippen LogP contribution in [0.25, 0.3) is 0 Å². The van der Waals surface area contributed by atoms with Gasteiger partial charge in [-0.2, -0.15) is 0 Å². The van der Waals surface area contributed by atoms with Crippen LogP contribution in [0.1, 0.15) is 56.9 Å². The van der Waals surface area contributed by atoms with Crippen molar-refractivity contribution in [3.05, 3.63) is 41.5 Å². The van der Waals surface area contributed by atoms with Gasteiger partial charge in [-0.1, -0.05) is 30.2 Å². The van der Waals surface area contributed by atoms with Crippen LogP contribution in [0.2, 0.25) is 0 Å². The highest BCUT2D eigenvalue weighted by Crippen LogP contribution is 2.27. The Morgan fingerprint density at radius 2 is 2.07 bits per heavy atom. The van der Waals surface area contributed by atoms with Crippen molar-refractivity contribution in [1.82, 2.24) is 10.6 Å². The molecule has 0 heterocycles. The second kappa shape index (κ2) is 10.1. The summed E-state index contributed by atoms with van der Waals surface area (Å²) in [7, 11) is 1.80. The molecule has 0 radical (unpaired) electrons. The van der Waals surface area contributed by atoms with E-state index in [0.29, 0.717) is 6.54 Å². The summed E-state index contributed by atoms with van der Waals surface area (Å²) in [5, 5.41) is 9.79. The molecule has 146 valence electrons. The number of amides is 1. The minimum Gasteiger partial charge on any atom is -0.356 e. The monoisotopic (exact) mass is 368 g/mol. The van der Waals surface area contributed by atoms with Crippen molar-refractivity contribution in [3.63, 3.8) is 0 Å². The first kappa shape index (κ1) is 19.5. The van der Waals surface area contributed by atoms with E-state index in [1.165, 1.54) is 32.1 Å².